The first kappa shape index (κ1) is 31.3. The van der Waals surface area contributed by atoms with Crippen LogP contribution in [-0.4, -0.2) is 51.4 Å². The van der Waals surface area contributed by atoms with E-state index in [1.54, 1.807) is 55.5 Å². The molecule has 0 aromatic heterocycles. The molecule has 214 valence electrons. The van der Waals surface area contributed by atoms with E-state index >= 15 is 0 Å². The second-order valence-electron chi connectivity index (χ2n) is 9.25. The van der Waals surface area contributed by atoms with E-state index in [4.69, 9.17) is 27.9 Å². The Morgan fingerprint density at radius 2 is 1.73 bits per heavy atom. The molecule has 0 saturated carbocycles. The lowest BCUT2D eigenvalue weighted by Crippen LogP contribution is -2.51. The van der Waals surface area contributed by atoms with Crippen LogP contribution in [0.5, 0.6) is 5.75 Å². The number of ether oxygens (including phenoxy) is 1. The Bertz CT molecular complexity index is 1450. The van der Waals surface area contributed by atoms with Gasteiger partial charge in [-0.3, -0.25) is 13.9 Å². The zero-order chi connectivity index (χ0) is 29.4. The molecule has 0 unspecified atom stereocenters. The third-order valence-corrected chi connectivity index (χ3v) is 8.68. The Balaban J connectivity index is 2.06. The van der Waals surface area contributed by atoms with Crippen LogP contribution in [0.25, 0.3) is 0 Å². The Morgan fingerprint density at radius 3 is 2.35 bits per heavy atom. The maximum atomic E-state index is 14.0. The van der Waals surface area contributed by atoms with Gasteiger partial charge in [-0.15, -0.1) is 0 Å². The van der Waals surface area contributed by atoms with Crippen molar-refractivity contribution in [1.29, 1.82) is 0 Å². The largest absolute Gasteiger partial charge is 0.497 e. The first-order valence-corrected chi connectivity index (χ1v) is 14.9. The fraction of sp³-hybridized carbons (Fsp3) is 0.310. The van der Waals surface area contributed by atoms with Crippen molar-refractivity contribution in [2.24, 2.45) is 0 Å². The van der Waals surface area contributed by atoms with Crippen molar-refractivity contribution in [2.45, 2.75) is 44.7 Å². The number of carbonyl (C=O) groups excluding carboxylic acids is 2. The molecule has 0 bridgehead atoms. The summed E-state index contributed by atoms with van der Waals surface area (Å²) in [5.74, 6) is -0.538. The standard InChI is InChI=1S/C29H33Cl2N3O5S/c1-5-15-32-29(36)21(3)33(18-22-11-12-23(30)16-27(22)31)28(35)19-34(24-7-6-8-25(17-24)39-4)40(37,38)26-13-9-20(2)10-14-26/h6-14,16-17,21H,5,15,18-19H2,1-4H3,(H,32,36)/t21-/m0/s1. The minimum Gasteiger partial charge on any atom is -0.497 e. The van der Waals surface area contributed by atoms with Gasteiger partial charge in [0.2, 0.25) is 11.8 Å². The zero-order valence-electron chi connectivity index (χ0n) is 22.9. The van der Waals surface area contributed by atoms with E-state index in [1.807, 2.05) is 13.8 Å². The molecule has 0 radical (unpaired) electrons. The van der Waals surface area contributed by atoms with Crippen LogP contribution in [0.4, 0.5) is 5.69 Å². The molecule has 2 amide bonds. The molecule has 1 N–H and O–H groups in total. The fourth-order valence-electron chi connectivity index (χ4n) is 3.94. The van der Waals surface area contributed by atoms with Crippen LogP contribution < -0.4 is 14.4 Å². The van der Waals surface area contributed by atoms with Crippen molar-refractivity contribution in [1.82, 2.24) is 10.2 Å². The summed E-state index contributed by atoms with van der Waals surface area (Å²) in [5.41, 5.74) is 1.69. The molecule has 0 saturated heterocycles. The fourth-order valence-corrected chi connectivity index (χ4v) is 5.82. The summed E-state index contributed by atoms with van der Waals surface area (Å²) < 4.78 is 34.1. The molecular formula is C29H33Cl2N3O5S. The first-order valence-electron chi connectivity index (χ1n) is 12.7. The van der Waals surface area contributed by atoms with Gasteiger partial charge < -0.3 is 15.0 Å². The van der Waals surface area contributed by atoms with Gasteiger partial charge in [-0.25, -0.2) is 8.42 Å². The minimum absolute atomic E-state index is 0.0229. The molecule has 1 atom stereocenters. The maximum absolute atomic E-state index is 14.0. The van der Waals surface area contributed by atoms with Gasteiger partial charge in [-0.2, -0.15) is 0 Å². The number of hydrogen-bond donors (Lipinski definition) is 1. The molecule has 0 aliphatic carbocycles. The first-order chi connectivity index (χ1) is 19.0. The number of aryl methyl sites for hydroxylation is 1. The van der Waals surface area contributed by atoms with Crippen LogP contribution in [0.3, 0.4) is 0 Å². The highest BCUT2D eigenvalue weighted by atomic mass is 35.5. The van der Waals surface area contributed by atoms with Crippen LogP contribution in [0.2, 0.25) is 10.0 Å². The molecule has 0 spiro atoms. The summed E-state index contributed by atoms with van der Waals surface area (Å²) in [6.07, 6.45) is 0.716. The molecule has 11 heteroatoms. The van der Waals surface area contributed by atoms with Gasteiger partial charge in [0.15, 0.2) is 0 Å². The number of benzene rings is 3. The number of halogens is 2. The number of rotatable bonds is 12. The summed E-state index contributed by atoms with van der Waals surface area (Å²) in [6.45, 7) is 5.20. The van der Waals surface area contributed by atoms with E-state index in [9.17, 15) is 18.0 Å². The summed E-state index contributed by atoms with van der Waals surface area (Å²) in [7, 11) is -2.72. The van der Waals surface area contributed by atoms with Gasteiger partial charge >= 0.3 is 0 Å². The lowest BCUT2D eigenvalue weighted by molar-refractivity contribution is -0.139. The SMILES string of the molecule is CCCNC(=O)[C@H](C)N(Cc1ccc(Cl)cc1Cl)C(=O)CN(c1cccc(OC)c1)S(=O)(=O)c1ccc(C)cc1. The lowest BCUT2D eigenvalue weighted by Gasteiger charge is -2.32. The summed E-state index contributed by atoms with van der Waals surface area (Å²) in [5, 5.41) is 3.55. The number of nitrogens with zero attached hydrogens (tertiary/aromatic N) is 2. The predicted molar refractivity (Wildman–Crippen MR) is 158 cm³/mol. The topological polar surface area (TPSA) is 96.0 Å². The van der Waals surface area contributed by atoms with Crippen molar-refractivity contribution in [3.05, 3.63) is 87.9 Å². The highest BCUT2D eigenvalue weighted by Crippen LogP contribution is 2.28. The number of anilines is 1. The number of hydrogen-bond acceptors (Lipinski definition) is 5. The van der Waals surface area contributed by atoms with Crippen LogP contribution >= 0.6 is 23.2 Å². The molecule has 0 aliphatic rings. The molecule has 40 heavy (non-hydrogen) atoms. The Kier molecular flexibility index (Phi) is 10.8. The van der Waals surface area contributed by atoms with E-state index in [2.05, 4.69) is 5.32 Å². The summed E-state index contributed by atoms with van der Waals surface area (Å²) in [6, 6.07) is 16.7. The number of carbonyl (C=O) groups is 2. The van der Waals surface area contributed by atoms with Crippen molar-refractivity contribution in [2.75, 3.05) is 24.5 Å². The van der Waals surface area contributed by atoms with Gasteiger partial charge in [0.1, 0.15) is 18.3 Å². The van der Waals surface area contributed by atoms with Crippen LogP contribution in [0.15, 0.2) is 71.6 Å². The van der Waals surface area contributed by atoms with Gasteiger partial charge in [0.05, 0.1) is 17.7 Å². The third kappa shape index (κ3) is 7.68. The molecule has 0 aliphatic heterocycles. The lowest BCUT2D eigenvalue weighted by atomic mass is 10.1. The second-order valence-corrected chi connectivity index (χ2v) is 12.0. The van der Waals surface area contributed by atoms with E-state index < -0.39 is 28.5 Å². The van der Waals surface area contributed by atoms with Crippen molar-refractivity contribution < 1.29 is 22.7 Å². The number of amides is 2. The molecule has 3 aromatic rings. The quantitative estimate of drug-likeness (QED) is 0.296. The highest BCUT2D eigenvalue weighted by Gasteiger charge is 2.33. The van der Waals surface area contributed by atoms with E-state index in [-0.39, 0.29) is 23.0 Å². The zero-order valence-corrected chi connectivity index (χ0v) is 25.2. The molecular weight excluding hydrogens is 573 g/mol. The summed E-state index contributed by atoms with van der Waals surface area (Å²) in [4.78, 5) is 28.3. The molecule has 3 aromatic carbocycles. The number of nitrogens with one attached hydrogen (secondary N) is 1. The van der Waals surface area contributed by atoms with Crippen LogP contribution in [0, 0.1) is 6.92 Å². The van der Waals surface area contributed by atoms with Gasteiger partial charge in [-0.1, -0.05) is 60.0 Å². The maximum Gasteiger partial charge on any atom is 0.264 e. The highest BCUT2D eigenvalue weighted by molar-refractivity contribution is 7.92. The molecule has 0 fully saturated rings. The Morgan fingerprint density at radius 1 is 1.02 bits per heavy atom. The average Bonchev–Trinajstić information content (AvgIpc) is 2.93. The Labute approximate surface area is 245 Å². The van der Waals surface area contributed by atoms with E-state index in [0.717, 1.165) is 9.87 Å². The third-order valence-electron chi connectivity index (χ3n) is 6.30. The monoisotopic (exact) mass is 605 g/mol. The smallest absolute Gasteiger partial charge is 0.264 e. The average molecular weight is 607 g/mol. The number of sulfonamides is 1. The van der Waals surface area contributed by atoms with Crippen molar-refractivity contribution in [3.63, 3.8) is 0 Å². The summed E-state index contributed by atoms with van der Waals surface area (Å²) >= 11 is 12.5. The molecule has 8 nitrogen and oxygen atoms in total. The number of methoxy groups -OCH3 is 1. The van der Waals surface area contributed by atoms with Crippen LogP contribution in [0.1, 0.15) is 31.4 Å². The predicted octanol–water partition coefficient (Wildman–Crippen LogP) is 5.45. The van der Waals surface area contributed by atoms with Crippen LogP contribution in [-0.2, 0) is 26.2 Å². The van der Waals surface area contributed by atoms with Gasteiger partial charge in [0, 0.05) is 29.2 Å². The molecule has 3 rings (SSSR count). The minimum atomic E-state index is -4.18. The van der Waals surface area contributed by atoms with E-state index in [0.29, 0.717) is 34.3 Å². The normalized spacial score (nSPS) is 11.9. The molecule has 0 heterocycles. The second kappa shape index (κ2) is 13.9. The van der Waals surface area contributed by atoms with Gasteiger partial charge in [0.25, 0.3) is 10.0 Å². The van der Waals surface area contributed by atoms with Gasteiger partial charge in [-0.05, 0) is 62.2 Å². The van der Waals surface area contributed by atoms with E-state index in [1.165, 1.54) is 30.2 Å². The van der Waals surface area contributed by atoms with Crippen molar-refractivity contribution in [3.8, 4) is 5.75 Å². The Hall–Kier alpha value is -3.27. The van der Waals surface area contributed by atoms with Crippen molar-refractivity contribution >= 4 is 50.7 Å².